The van der Waals surface area contributed by atoms with Gasteiger partial charge in [0, 0.05) is 26.2 Å². The largest absolute Gasteiger partial charge is 0.481 e. The van der Waals surface area contributed by atoms with Crippen LogP contribution in [0.3, 0.4) is 0 Å². The fraction of sp³-hybridized carbons (Fsp3) is 0.857. The second kappa shape index (κ2) is 6.26. The van der Waals surface area contributed by atoms with Crippen molar-refractivity contribution in [2.75, 3.05) is 26.2 Å². The maximum atomic E-state index is 12.4. The first-order valence-corrected chi connectivity index (χ1v) is 7.03. The summed E-state index contributed by atoms with van der Waals surface area (Å²) < 4.78 is 0. The Morgan fingerprint density at radius 1 is 1.32 bits per heavy atom. The number of nitrogens with zero attached hydrogens (tertiary/aromatic N) is 2. The third-order valence-electron chi connectivity index (χ3n) is 3.96. The van der Waals surface area contributed by atoms with Gasteiger partial charge in [0.2, 0.25) is 0 Å². The highest BCUT2D eigenvalue weighted by Gasteiger charge is 2.30. The standard InChI is InChI=1S/C14H26N2O3/c1-5-15(10-11(2)12(17)18)13(19)16-8-6-14(3,4)7-9-16/h11H,5-10H2,1-4H3,(H,17,18). The highest BCUT2D eigenvalue weighted by atomic mass is 16.4. The van der Waals surface area contributed by atoms with Crippen molar-refractivity contribution in [3.63, 3.8) is 0 Å². The van der Waals surface area contributed by atoms with E-state index >= 15 is 0 Å². The summed E-state index contributed by atoms with van der Waals surface area (Å²) in [5.74, 6) is -1.38. The molecule has 1 saturated heterocycles. The Kier molecular flexibility index (Phi) is 5.20. The number of carboxylic acid groups (broad SMARTS) is 1. The number of hydrogen-bond donors (Lipinski definition) is 1. The molecule has 1 atom stereocenters. The SMILES string of the molecule is CCN(CC(C)C(=O)O)C(=O)N1CCC(C)(C)CC1. The zero-order chi connectivity index (χ0) is 14.6. The lowest BCUT2D eigenvalue weighted by Crippen LogP contribution is -2.49. The van der Waals surface area contributed by atoms with E-state index in [-0.39, 0.29) is 12.6 Å². The molecule has 0 bridgehead atoms. The fourth-order valence-electron chi connectivity index (χ4n) is 2.25. The first kappa shape index (κ1) is 15.8. The molecular weight excluding hydrogens is 244 g/mol. The van der Waals surface area contributed by atoms with Crippen molar-refractivity contribution in [1.29, 1.82) is 0 Å². The summed E-state index contributed by atoms with van der Waals surface area (Å²) in [6, 6.07) is -0.0221. The number of aliphatic carboxylic acids is 1. The molecule has 5 heteroatoms. The zero-order valence-electron chi connectivity index (χ0n) is 12.5. The van der Waals surface area contributed by atoms with Gasteiger partial charge in [-0.1, -0.05) is 20.8 Å². The van der Waals surface area contributed by atoms with E-state index in [1.54, 1.807) is 11.8 Å². The molecule has 2 amide bonds. The van der Waals surface area contributed by atoms with Crippen molar-refractivity contribution in [2.24, 2.45) is 11.3 Å². The molecule has 5 nitrogen and oxygen atoms in total. The smallest absolute Gasteiger partial charge is 0.320 e. The first-order chi connectivity index (χ1) is 8.76. The van der Waals surface area contributed by atoms with E-state index in [0.29, 0.717) is 12.0 Å². The van der Waals surface area contributed by atoms with Gasteiger partial charge in [-0.3, -0.25) is 4.79 Å². The van der Waals surface area contributed by atoms with Gasteiger partial charge in [0.05, 0.1) is 5.92 Å². The topological polar surface area (TPSA) is 60.9 Å². The van der Waals surface area contributed by atoms with Crippen molar-refractivity contribution in [3.8, 4) is 0 Å². The van der Waals surface area contributed by atoms with Crippen molar-refractivity contribution >= 4 is 12.0 Å². The predicted octanol–water partition coefficient (Wildman–Crippen LogP) is 2.27. The summed E-state index contributed by atoms with van der Waals surface area (Å²) in [7, 11) is 0. The first-order valence-electron chi connectivity index (χ1n) is 7.03. The molecular formula is C14H26N2O3. The Labute approximate surface area is 115 Å². The fourth-order valence-corrected chi connectivity index (χ4v) is 2.25. The average Bonchev–Trinajstić information content (AvgIpc) is 2.34. The van der Waals surface area contributed by atoms with Gasteiger partial charge in [-0.25, -0.2) is 4.79 Å². The summed E-state index contributed by atoms with van der Waals surface area (Å²) in [6.07, 6.45) is 2.01. The highest BCUT2D eigenvalue weighted by Crippen LogP contribution is 2.30. The Bertz CT molecular complexity index is 332. The van der Waals surface area contributed by atoms with Crippen molar-refractivity contribution < 1.29 is 14.7 Å². The predicted molar refractivity (Wildman–Crippen MR) is 74.0 cm³/mol. The van der Waals surface area contributed by atoms with Gasteiger partial charge < -0.3 is 14.9 Å². The van der Waals surface area contributed by atoms with Crippen LogP contribution in [-0.2, 0) is 4.79 Å². The highest BCUT2D eigenvalue weighted by molar-refractivity contribution is 5.76. The second-order valence-corrected chi connectivity index (χ2v) is 6.21. The molecule has 1 fully saturated rings. The number of piperidine rings is 1. The molecule has 1 aliphatic heterocycles. The van der Waals surface area contributed by atoms with Crippen LogP contribution in [0.4, 0.5) is 4.79 Å². The van der Waals surface area contributed by atoms with E-state index in [9.17, 15) is 9.59 Å². The van der Waals surface area contributed by atoms with Gasteiger partial charge in [-0.05, 0) is 25.2 Å². The number of carboxylic acids is 1. The normalized spacial score (nSPS) is 19.9. The van der Waals surface area contributed by atoms with E-state index in [1.165, 1.54) is 0 Å². The summed E-state index contributed by atoms with van der Waals surface area (Å²) in [5.41, 5.74) is 0.308. The molecule has 110 valence electrons. The molecule has 1 heterocycles. The van der Waals surface area contributed by atoms with Gasteiger partial charge in [0.25, 0.3) is 0 Å². The molecule has 1 unspecified atom stereocenters. The second-order valence-electron chi connectivity index (χ2n) is 6.21. The minimum Gasteiger partial charge on any atom is -0.481 e. The molecule has 1 N–H and O–H groups in total. The van der Waals surface area contributed by atoms with E-state index in [1.807, 2.05) is 11.8 Å². The molecule has 0 saturated carbocycles. The molecule has 1 rings (SSSR count). The molecule has 0 aromatic rings. The average molecular weight is 270 g/mol. The minimum absolute atomic E-state index is 0.0221. The number of carbonyl (C=O) groups is 2. The minimum atomic E-state index is -0.856. The maximum Gasteiger partial charge on any atom is 0.320 e. The summed E-state index contributed by atoms with van der Waals surface area (Å²) in [4.78, 5) is 26.7. The van der Waals surface area contributed by atoms with Crippen LogP contribution >= 0.6 is 0 Å². The van der Waals surface area contributed by atoms with Crippen LogP contribution in [0.2, 0.25) is 0 Å². The molecule has 0 aliphatic carbocycles. The van der Waals surface area contributed by atoms with Gasteiger partial charge >= 0.3 is 12.0 Å². The number of likely N-dealkylation sites (tertiary alicyclic amines) is 1. The van der Waals surface area contributed by atoms with Gasteiger partial charge in [-0.15, -0.1) is 0 Å². The molecule has 0 aromatic carbocycles. The molecule has 1 aliphatic rings. The van der Waals surface area contributed by atoms with Crippen LogP contribution in [-0.4, -0.2) is 53.1 Å². The van der Waals surface area contributed by atoms with Crippen LogP contribution in [0, 0.1) is 11.3 Å². The van der Waals surface area contributed by atoms with Crippen LogP contribution in [0.25, 0.3) is 0 Å². The van der Waals surface area contributed by atoms with Crippen LogP contribution in [0.15, 0.2) is 0 Å². The Morgan fingerprint density at radius 3 is 2.26 bits per heavy atom. The van der Waals surface area contributed by atoms with Crippen LogP contribution in [0.5, 0.6) is 0 Å². The third kappa shape index (κ3) is 4.40. The Hall–Kier alpha value is -1.26. The van der Waals surface area contributed by atoms with Gasteiger partial charge in [-0.2, -0.15) is 0 Å². The molecule has 0 radical (unpaired) electrons. The molecule has 0 aromatic heterocycles. The number of hydrogen-bond acceptors (Lipinski definition) is 2. The lowest BCUT2D eigenvalue weighted by atomic mass is 9.83. The number of amides is 2. The van der Waals surface area contributed by atoms with Crippen molar-refractivity contribution in [1.82, 2.24) is 9.80 Å². The quantitative estimate of drug-likeness (QED) is 0.852. The lowest BCUT2D eigenvalue weighted by molar-refractivity contribution is -0.141. The summed E-state index contributed by atoms with van der Waals surface area (Å²) >= 11 is 0. The number of urea groups is 1. The van der Waals surface area contributed by atoms with E-state index in [2.05, 4.69) is 13.8 Å². The summed E-state index contributed by atoms with van der Waals surface area (Å²) in [6.45, 7) is 10.3. The monoisotopic (exact) mass is 270 g/mol. The van der Waals surface area contributed by atoms with E-state index in [4.69, 9.17) is 5.11 Å². The number of carbonyl (C=O) groups excluding carboxylic acids is 1. The molecule has 0 spiro atoms. The van der Waals surface area contributed by atoms with Gasteiger partial charge in [0.15, 0.2) is 0 Å². The zero-order valence-corrected chi connectivity index (χ0v) is 12.5. The lowest BCUT2D eigenvalue weighted by Gasteiger charge is -2.39. The third-order valence-corrected chi connectivity index (χ3v) is 3.96. The Morgan fingerprint density at radius 2 is 1.84 bits per heavy atom. The number of rotatable bonds is 4. The Balaban J connectivity index is 2.57. The van der Waals surface area contributed by atoms with Crippen LogP contribution < -0.4 is 0 Å². The van der Waals surface area contributed by atoms with Gasteiger partial charge in [0.1, 0.15) is 0 Å². The van der Waals surface area contributed by atoms with Crippen LogP contribution in [0.1, 0.15) is 40.5 Å². The van der Waals surface area contributed by atoms with Crippen molar-refractivity contribution in [2.45, 2.75) is 40.5 Å². The van der Waals surface area contributed by atoms with E-state index < -0.39 is 11.9 Å². The maximum absolute atomic E-state index is 12.4. The molecule has 19 heavy (non-hydrogen) atoms. The summed E-state index contributed by atoms with van der Waals surface area (Å²) in [5, 5.41) is 8.94. The van der Waals surface area contributed by atoms with E-state index in [0.717, 1.165) is 25.9 Å². The van der Waals surface area contributed by atoms with Crippen molar-refractivity contribution in [3.05, 3.63) is 0 Å².